The second-order valence-electron chi connectivity index (χ2n) is 7.82. The number of anilines is 1. The highest BCUT2D eigenvalue weighted by atomic mass is 32.2. The lowest BCUT2D eigenvalue weighted by Gasteiger charge is -2.08. The Morgan fingerprint density at radius 3 is 2.66 bits per heavy atom. The van der Waals surface area contributed by atoms with Crippen LogP contribution >= 0.6 is 11.8 Å². The second-order valence-corrected chi connectivity index (χ2v) is 8.76. The normalized spacial score (nSPS) is 11.3. The van der Waals surface area contributed by atoms with E-state index in [0.29, 0.717) is 11.0 Å². The summed E-state index contributed by atoms with van der Waals surface area (Å²) < 4.78 is 22.6. The van der Waals surface area contributed by atoms with Gasteiger partial charge in [-0.05, 0) is 43.3 Å². The number of hydrogen-bond acceptors (Lipinski definition) is 6. The van der Waals surface area contributed by atoms with E-state index in [-0.39, 0.29) is 24.0 Å². The van der Waals surface area contributed by atoms with Gasteiger partial charge in [0.1, 0.15) is 6.61 Å². The third kappa shape index (κ3) is 4.52. The molecule has 5 rings (SSSR count). The van der Waals surface area contributed by atoms with Crippen LogP contribution in [0.2, 0.25) is 0 Å². The minimum atomic E-state index is -0.473. The highest BCUT2D eigenvalue weighted by Gasteiger charge is 2.15. The van der Waals surface area contributed by atoms with Crippen LogP contribution in [0.5, 0.6) is 5.75 Å². The number of fused-ring (bicyclic) bond motifs is 3. The number of nitrogen functional groups attached to an aromatic ring is 1. The summed E-state index contributed by atoms with van der Waals surface area (Å²) in [6, 6.07) is 20.2. The molecule has 0 saturated carbocycles. The van der Waals surface area contributed by atoms with Crippen molar-refractivity contribution in [1.29, 1.82) is 0 Å². The Hall–Kier alpha value is -4.05. The van der Waals surface area contributed by atoms with Gasteiger partial charge in [0.25, 0.3) is 0 Å². The van der Waals surface area contributed by atoms with Gasteiger partial charge < -0.3 is 20.5 Å². The van der Waals surface area contributed by atoms with Crippen LogP contribution in [-0.4, -0.2) is 31.1 Å². The summed E-state index contributed by atoms with van der Waals surface area (Å²) >= 11 is 1.15. The Labute approximate surface area is 204 Å². The Morgan fingerprint density at radius 2 is 1.83 bits per heavy atom. The molecule has 0 atom stereocenters. The summed E-state index contributed by atoms with van der Waals surface area (Å²) in [5.41, 5.74) is 3.01. The Balaban J connectivity index is 1.23. The first kappa shape index (κ1) is 22.7. The van der Waals surface area contributed by atoms with E-state index in [1.165, 1.54) is 22.3 Å². The van der Waals surface area contributed by atoms with Gasteiger partial charge in [0.15, 0.2) is 17.4 Å². The summed E-state index contributed by atoms with van der Waals surface area (Å²) in [7, 11) is 0. The van der Waals surface area contributed by atoms with E-state index in [9.17, 15) is 9.18 Å². The third-order valence-electron chi connectivity index (χ3n) is 5.63. The van der Waals surface area contributed by atoms with E-state index in [1.807, 2.05) is 30.3 Å². The number of ether oxygens (including phenoxy) is 1. The standard InChI is InChI=1S/C25H23FN6O2S/c1-2-31-20-9-5-3-7-17(20)18-13-16(11-12-21(18)31)28-24(33)15-35-25-30-29-23(32(25)27)14-34-22-10-6-4-8-19(22)26/h3-13H,2,14-15,27H2,1H3,(H,28,33). The average molecular weight is 491 g/mol. The fourth-order valence-electron chi connectivity index (χ4n) is 4.01. The largest absolute Gasteiger partial charge is 0.482 e. The lowest BCUT2D eigenvalue weighted by atomic mass is 10.1. The van der Waals surface area contributed by atoms with Crippen molar-refractivity contribution < 1.29 is 13.9 Å². The first-order valence-electron chi connectivity index (χ1n) is 11.1. The van der Waals surface area contributed by atoms with Crippen molar-refractivity contribution in [3.63, 3.8) is 0 Å². The van der Waals surface area contributed by atoms with Gasteiger partial charge in [0.05, 0.1) is 5.75 Å². The van der Waals surface area contributed by atoms with Crippen LogP contribution in [0.1, 0.15) is 12.7 Å². The summed E-state index contributed by atoms with van der Waals surface area (Å²) in [5.74, 6) is 5.88. The van der Waals surface area contributed by atoms with E-state index in [4.69, 9.17) is 10.6 Å². The van der Waals surface area contributed by atoms with Crippen molar-refractivity contribution in [3.8, 4) is 5.75 Å². The number of para-hydroxylation sites is 2. The number of nitrogens with one attached hydrogen (secondary N) is 1. The minimum Gasteiger partial charge on any atom is -0.482 e. The van der Waals surface area contributed by atoms with Crippen molar-refractivity contribution in [3.05, 3.63) is 78.4 Å². The maximum atomic E-state index is 13.7. The van der Waals surface area contributed by atoms with Crippen LogP contribution in [0.15, 0.2) is 71.9 Å². The van der Waals surface area contributed by atoms with E-state index >= 15 is 0 Å². The van der Waals surface area contributed by atoms with Gasteiger partial charge in [-0.15, -0.1) is 10.2 Å². The van der Waals surface area contributed by atoms with E-state index in [0.717, 1.165) is 40.3 Å². The second kappa shape index (κ2) is 9.67. The molecule has 178 valence electrons. The fraction of sp³-hybridized carbons (Fsp3) is 0.160. The Bertz CT molecular complexity index is 1530. The lowest BCUT2D eigenvalue weighted by molar-refractivity contribution is -0.113. The highest BCUT2D eigenvalue weighted by molar-refractivity contribution is 7.99. The van der Waals surface area contributed by atoms with E-state index in [1.54, 1.807) is 12.1 Å². The maximum absolute atomic E-state index is 13.7. The van der Waals surface area contributed by atoms with Crippen molar-refractivity contribution >= 4 is 45.2 Å². The fourth-order valence-corrected chi connectivity index (χ4v) is 4.68. The summed E-state index contributed by atoms with van der Waals surface area (Å²) in [6.45, 7) is 2.93. The molecule has 35 heavy (non-hydrogen) atoms. The zero-order chi connectivity index (χ0) is 24.4. The van der Waals surface area contributed by atoms with Gasteiger partial charge in [-0.3, -0.25) is 4.79 Å². The number of nitrogens with zero attached hydrogens (tertiary/aromatic N) is 4. The van der Waals surface area contributed by atoms with Gasteiger partial charge in [-0.2, -0.15) is 0 Å². The minimum absolute atomic E-state index is 0.0530. The van der Waals surface area contributed by atoms with Crippen LogP contribution in [0.3, 0.4) is 0 Å². The van der Waals surface area contributed by atoms with Gasteiger partial charge in [0.2, 0.25) is 11.1 Å². The molecule has 8 nitrogen and oxygen atoms in total. The number of rotatable bonds is 8. The molecule has 0 bridgehead atoms. The molecule has 0 aliphatic rings. The number of amides is 1. The van der Waals surface area contributed by atoms with Crippen LogP contribution in [-0.2, 0) is 17.9 Å². The van der Waals surface area contributed by atoms with Crippen molar-refractivity contribution in [2.75, 3.05) is 16.9 Å². The molecule has 0 saturated heterocycles. The molecular formula is C25H23FN6O2S. The number of hydrogen-bond donors (Lipinski definition) is 2. The summed E-state index contributed by atoms with van der Waals surface area (Å²) in [5, 5.41) is 13.5. The number of aryl methyl sites for hydroxylation is 1. The van der Waals surface area contributed by atoms with Crippen molar-refractivity contribution in [2.24, 2.45) is 0 Å². The molecule has 2 heterocycles. The summed E-state index contributed by atoms with van der Waals surface area (Å²) in [4.78, 5) is 12.6. The molecule has 0 unspecified atom stereocenters. The van der Waals surface area contributed by atoms with E-state index < -0.39 is 5.82 Å². The summed E-state index contributed by atoms with van der Waals surface area (Å²) in [6.07, 6.45) is 0. The lowest BCUT2D eigenvalue weighted by Crippen LogP contribution is -2.18. The molecule has 0 aliphatic heterocycles. The quantitative estimate of drug-likeness (QED) is 0.244. The number of aromatic nitrogens is 4. The predicted octanol–water partition coefficient (Wildman–Crippen LogP) is 4.57. The van der Waals surface area contributed by atoms with Gasteiger partial charge >= 0.3 is 0 Å². The third-order valence-corrected chi connectivity index (χ3v) is 6.58. The van der Waals surface area contributed by atoms with Crippen LogP contribution in [0.25, 0.3) is 21.8 Å². The molecule has 3 aromatic carbocycles. The van der Waals surface area contributed by atoms with Crippen molar-refractivity contribution in [1.82, 2.24) is 19.4 Å². The molecule has 0 spiro atoms. The molecule has 5 aromatic rings. The molecule has 2 aromatic heterocycles. The maximum Gasteiger partial charge on any atom is 0.234 e. The molecule has 0 fully saturated rings. The average Bonchev–Trinajstić information content (AvgIpc) is 3.38. The monoisotopic (exact) mass is 490 g/mol. The predicted molar refractivity (Wildman–Crippen MR) is 135 cm³/mol. The Kier molecular flexibility index (Phi) is 6.28. The first-order chi connectivity index (χ1) is 17.0. The molecule has 1 amide bonds. The van der Waals surface area contributed by atoms with E-state index in [2.05, 4.69) is 39.1 Å². The SMILES string of the molecule is CCn1c2ccccc2c2cc(NC(=O)CSc3nnc(COc4ccccc4F)n3N)ccc21. The number of halogens is 1. The first-order valence-corrected chi connectivity index (χ1v) is 12.0. The van der Waals surface area contributed by atoms with Gasteiger partial charge in [-0.1, -0.05) is 42.1 Å². The van der Waals surface area contributed by atoms with Gasteiger partial charge in [0, 0.05) is 34.0 Å². The number of benzene rings is 3. The molecule has 0 radical (unpaired) electrons. The smallest absolute Gasteiger partial charge is 0.234 e. The Morgan fingerprint density at radius 1 is 1.06 bits per heavy atom. The number of carbonyl (C=O) groups is 1. The molecular weight excluding hydrogens is 467 g/mol. The molecule has 3 N–H and O–H groups in total. The van der Waals surface area contributed by atoms with Crippen molar-refractivity contribution in [2.45, 2.75) is 25.2 Å². The van der Waals surface area contributed by atoms with Crippen LogP contribution in [0.4, 0.5) is 10.1 Å². The topological polar surface area (TPSA) is 100.0 Å². The molecule has 10 heteroatoms. The number of carbonyl (C=O) groups excluding carboxylic acids is 1. The zero-order valence-corrected chi connectivity index (χ0v) is 19.8. The zero-order valence-electron chi connectivity index (χ0n) is 18.9. The number of thioether (sulfide) groups is 1. The molecule has 0 aliphatic carbocycles. The number of nitrogens with two attached hydrogens (primary N) is 1. The van der Waals surface area contributed by atoms with Gasteiger partial charge in [-0.25, -0.2) is 9.07 Å². The van der Waals surface area contributed by atoms with Crippen LogP contribution < -0.4 is 15.9 Å². The van der Waals surface area contributed by atoms with Crippen LogP contribution in [0, 0.1) is 5.82 Å². The highest BCUT2D eigenvalue weighted by Crippen LogP contribution is 2.31.